The molecule has 0 aliphatic rings. The third kappa shape index (κ3) is 6.15. The minimum Gasteiger partial charge on any atom is -0.380 e. The third-order valence-corrected chi connectivity index (χ3v) is 2.91. The summed E-state index contributed by atoms with van der Waals surface area (Å²) < 4.78 is 22.1. The van der Waals surface area contributed by atoms with Crippen molar-refractivity contribution in [3.05, 3.63) is 71.8 Å². The number of aliphatic hydroxyl groups excluding tert-OH is 2. The van der Waals surface area contributed by atoms with Crippen LogP contribution in [0.2, 0.25) is 0 Å². The standard InChI is InChI=1S/C14H12O2.CH4O4S/c15-13(11-7-3-1-4-8-11)14(16)12-9-5-2-6-10-12;2-1-5-6(3)4/h1-10,13,15H;2,6H,1H2. The van der Waals surface area contributed by atoms with Crippen LogP contribution in [0, 0.1) is 0 Å². The molecule has 22 heavy (non-hydrogen) atoms. The highest BCUT2D eigenvalue weighted by Gasteiger charge is 2.18. The molecule has 0 heterocycles. The van der Waals surface area contributed by atoms with Gasteiger partial charge in [0, 0.05) is 5.56 Å². The number of rotatable bonds is 5. The second kappa shape index (κ2) is 9.80. The zero-order chi connectivity index (χ0) is 16.4. The maximum atomic E-state index is 11.9. The normalized spacial score (nSPS) is 11.4. The molecule has 0 amide bonds. The van der Waals surface area contributed by atoms with Crippen LogP contribution >= 0.6 is 0 Å². The molecule has 0 fully saturated rings. The van der Waals surface area contributed by atoms with Gasteiger partial charge in [-0.05, 0) is 5.56 Å². The first-order chi connectivity index (χ1) is 10.6. The summed E-state index contributed by atoms with van der Waals surface area (Å²) >= 11 is 0. The lowest BCUT2D eigenvalue weighted by atomic mass is 10.0. The molecule has 118 valence electrons. The first kappa shape index (κ1) is 18.0. The van der Waals surface area contributed by atoms with Crippen LogP contribution in [0.1, 0.15) is 22.0 Å². The van der Waals surface area contributed by atoms with E-state index in [9.17, 15) is 18.3 Å². The lowest BCUT2D eigenvalue weighted by Crippen LogP contribution is -2.11. The summed E-state index contributed by atoms with van der Waals surface area (Å²) in [4.78, 5) is 11.9. The molecule has 1 atom stereocenters. The molecule has 2 N–H and O–H groups in total. The van der Waals surface area contributed by atoms with Crippen LogP contribution in [0.4, 0.5) is 0 Å². The highest BCUT2D eigenvalue weighted by atomic mass is 32.2. The number of aliphatic hydroxyl groups is 2. The zero-order valence-corrected chi connectivity index (χ0v) is 12.4. The third-order valence-electron chi connectivity index (χ3n) is 2.59. The summed E-state index contributed by atoms with van der Waals surface area (Å²) in [6, 6.07) is 17.7. The number of benzene rings is 2. The fourth-order valence-corrected chi connectivity index (χ4v) is 1.69. The van der Waals surface area contributed by atoms with E-state index in [1.165, 1.54) is 0 Å². The van der Waals surface area contributed by atoms with Gasteiger partial charge in [0.05, 0.1) is 0 Å². The van der Waals surface area contributed by atoms with Crippen molar-refractivity contribution in [3.8, 4) is 0 Å². The van der Waals surface area contributed by atoms with Gasteiger partial charge in [-0.3, -0.25) is 4.79 Å². The molecule has 0 saturated heterocycles. The van der Waals surface area contributed by atoms with E-state index in [4.69, 9.17) is 5.11 Å². The monoisotopic (exact) mass is 324 g/mol. The summed E-state index contributed by atoms with van der Waals surface area (Å²) in [6.07, 6.45) is -1.08. The molecular formula is C15H16O6S. The molecule has 0 saturated carbocycles. The Morgan fingerprint density at radius 2 is 1.50 bits per heavy atom. The van der Waals surface area contributed by atoms with Gasteiger partial charge in [0.15, 0.2) is 12.6 Å². The van der Waals surface area contributed by atoms with Gasteiger partial charge in [0.2, 0.25) is 0 Å². The number of hydrogen-bond donors (Lipinski definition) is 3. The van der Waals surface area contributed by atoms with Crippen LogP contribution in [0.15, 0.2) is 60.7 Å². The molecule has 0 aliphatic carbocycles. The Morgan fingerprint density at radius 3 is 1.91 bits per heavy atom. The maximum Gasteiger partial charge on any atom is 0.259 e. The average molecular weight is 324 g/mol. The summed E-state index contributed by atoms with van der Waals surface area (Å²) in [5, 5.41) is 17.5. The van der Waals surface area contributed by atoms with Crippen molar-refractivity contribution in [2.24, 2.45) is 0 Å². The van der Waals surface area contributed by atoms with Gasteiger partial charge in [0.1, 0.15) is 6.10 Å². The van der Waals surface area contributed by atoms with Gasteiger partial charge < -0.3 is 10.2 Å². The fraction of sp³-hybridized carbons (Fsp3) is 0.133. The van der Waals surface area contributed by atoms with Gasteiger partial charge in [-0.15, -0.1) is 0 Å². The minimum absolute atomic E-state index is 0.271. The Morgan fingerprint density at radius 1 is 1.00 bits per heavy atom. The molecule has 0 spiro atoms. The van der Waals surface area contributed by atoms with Gasteiger partial charge in [-0.25, -0.2) is 12.6 Å². The molecule has 0 radical (unpaired) electrons. The SMILES string of the molecule is O=C(c1ccccc1)C(O)c1ccccc1.O=[SH](=O)OCO. The summed E-state index contributed by atoms with van der Waals surface area (Å²) in [7, 11) is -2.85. The first-order valence-corrected chi connectivity index (χ1v) is 7.36. The van der Waals surface area contributed by atoms with Crippen molar-refractivity contribution in [1.82, 2.24) is 0 Å². The first-order valence-electron chi connectivity index (χ1n) is 6.26. The van der Waals surface area contributed by atoms with Crippen LogP contribution in [0.5, 0.6) is 0 Å². The van der Waals surface area contributed by atoms with Crippen molar-refractivity contribution >= 4 is 16.8 Å². The fourth-order valence-electron chi connectivity index (χ4n) is 1.59. The van der Waals surface area contributed by atoms with E-state index in [0.29, 0.717) is 11.1 Å². The van der Waals surface area contributed by atoms with Gasteiger partial charge in [0.25, 0.3) is 11.0 Å². The molecule has 2 rings (SSSR count). The number of Topliss-reactive ketones (excluding diaryl/α,β-unsaturated/α-hetero) is 1. The molecule has 0 bridgehead atoms. The molecule has 2 aromatic rings. The highest BCUT2D eigenvalue weighted by molar-refractivity contribution is 7.67. The van der Waals surface area contributed by atoms with E-state index in [1.807, 2.05) is 12.1 Å². The zero-order valence-electron chi connectivity index (χ0n) is 11.5. The number of hydrogen-bond acceptors (Lipinski definition) is 6. The topological polar surface area (TPSA) is 101 Å². The molecular weight excluding hydrogens is 308 g/mol. The number of carbonyl (C=O) groups excluding carboxylic acids is 1. The van der Waals surface area contributed by atoms with Crippen LogP contribution in [-0.2, 0) is 15.2 Å². The van der Waals surface area contributed by atoms with E-state index in [-0.39, 0.29) is 5.78 Å². The maximum absolute atomic E-state index is 11.9. The average Bonchev–Trinajstić information content (AvgIpc) is 2.55. The quantitative estimate of drug-likeness (QED) is 0.432. The summed E-state index contributed by atoms with van der Waals surface area (Å²) in [5.41, 5.74) is 1.15. The lowest BCUT2D eigenvalue weighted by Gasteiger charge is -2.09. The second-order valence-corrected chi connectivity index (χ2v) is 4.73. The highest BCUT2D eigenvalue weighted by Crippen LogP contribution is 2.17. The van der Waals surface area contributed by atoms with Crippen molar-refractivity contribution < 1.29 is 27.6 Å². The van der Waals surface area contributed by atoms with Crippen LogP contribution in [0.25, 0.3) is 0 Å². The second-order valence-electron chi connectivity index (χ2n) is 4.03. The predicted molar refractivity (Wildman–Crippen MR) is 80.7 cm³/mol. The summed E-state index contributed by atoms with van der Waals surface area (Å²) in [6.45, 7) is -0.765. The van der Waals surface area contributed by atoms with E-state index in [1.54, 1.807) is 48.5 Å². The van der Waals surface area contributed by atoms with Crippen LogP contribution < -0.4 is 0 Å². The Balaban J connectivity index is 0.000000346. The molecule has 0 aromatic heterocycles. The molecule has 2 aromatic carbocycles. The smallest absolute Gasteiger partial charge is 0.259 e. The van der Waals surface area contributed by atoms with Crippen molar-refractivity contribution in [1.29, 1.82) is 0 Å². The van der Waals surface area contributed by atoms with Gasteiger partial charge in [-0.1, -0.05) is 60.7 Å². The van der Waals surface area contributed by atoms with Crippen LogP contribution in [-0.4, -0.2) is 31.2 Å². The Kier molecular flexibility index (Phi) is 8.01. The number of thiol groups is 1. The molecule has 1 unspecified atom stereocenters. The van der Waals surface area contributed by atoms with Crippen molar-refractivity contribution in [3.63, 3.8) is 0 Å². The van der Waals surface area contributed by atoms with E-state index >= 15 is 0 Å². The molecule has 0 aliphatic heterocycles. The van der Waals surface area contributed by atoms with E-state index in [2.05, 4.69) is 4.18 Å². The molecule has 6 nitrogen and oxygen atoms in total. The number of carbonyl (C=O) groups is 1. The molecule has 7 heteroatoms. The van der Waals surface area contributed by atoms with Crippen molar-refractivity contribution in [2.75, 3.05) is 6.79 Å². The van der Waals surface area contributed by atoms with Gasteiger partial charge in [-0.2, -0.15) is 0 Å². The largest absolute Gasteiger partial charge is 0.380 e. The van der Waals surface area contributed by atoms with E-state index in [0.717, 1.165) is 0 Å². The van der Waals surface area contributed by atoms with Crippen LogP contribution in [0.3, 0.4) is 0 Å². The Labute approximate surface area is 129 Å². The van der Waals surface area contributed by atoms with E-state index < -0.39 is 23.9 Å². The van der Waals surface area contributed by atoms with Crippen molar-refractivity contribution in [2.45, 2.75) is 6.10 Å². The van der Waals surface area contributed by atoms with Gasteiger partial charge >= 0.3 is 0 Å². The lowest BCUT2D eigenvalue weighted by molar-refractivity contribution is 0.0747. The number of ketones is 1. The predicted octanol–water partition coefficient (Wildman–Crippen LogP) is 1.08. The minimum atomic E-state index is -2.85. The Bertz CT molecular complexity index is 632. The summed E-state index contributed by atoms with van der Waals surface area (Å²) in [5.74, 6) is -0.271. The Hall–Kier alpha value is -2.06.